The molecule has 0 aliphatic carbocycles. The van der Waals surface area contributed by atoms with Crippen molar-refractivity contribution >= 4 is 5.78 Å². The molecule has 1 saturated heterocycles. The van der Waals surface area contributed by atoms with Crippen LogP contribution in [0.1, 0.15) is 41.8 Å². The van der Waals surface area contributed by atoms with E-state index in [-0.39, 0.29) is 17.4 Å². The van der Waals surface area contributed by atoms with Crippen LogP contribution in [0.3, 0.4) is 0 Å². The van der Waals surface area contributed by atoms with Crippen LogP contribution in [0.4, 0.5) is 0 Å². The highest BCUT2D eigenvalue weighted by Crippen LogP contribution is 2.17. The Hall–Kier alpha value is -4.72. The third kappa shape index (κ3) is 8.89. The molecule has 42 heavy (non-hydrogen) atoms. The van der Waals surface area contributed by atoms with Gasteiger partial charge in [0.25, 0.3) is 5.56 Å². The largest absolute Gasteiger partial charge is 0.490 e. The molecule has 2 atom stereocenters. The van der Waals surface area contributed by atoms with E-state index >= 15 is 0 Å². The third-order valence-electron chi connectivity index (χ3n) is 6.66. The van der Waals surface area contributed by atoms with E-state index in [1.165, 1.54) is 10.7 Å². The summed E-state index contributed by atoms with van der Waals surface area (Å²) in [5, 5.41) is 25.8. The van der Waals surface area contributed by atoms with Gasteiger partial charge in [-0.1, -0.05) is 42.0 Å². The Morgan fingerprint density at radius 3 is 2.62 bits per heavy atom. The number of nitriles is 1. The summed E-state index contributed by atoms with van der Waals surface area (Å²) in [7, 11) is 0. The number of aliphatic hydroxyl groups is 1. The van der Waals surface area contributed by atoms with Crippen LogP contribution in [0, 0.1) is 25.2 Å². The number of Topliss-reactive ketones (excluding diaryl/α,β-unsaturated/α-hetero) is 1. The number of ether oxygens (including phenoxy) is 1. The number of ketones is 1. The van der Waals surface area contributed by atoms with Crippen LogP contribution < -0.4 is 15.6 Å². The molecule has 1 aliphatic heterocycles. The predicted molar refractivity (Wildman–Crippen MR) is 158 cm³/mol. The molecule has 4 aromatic rings. The molecule has 2 N–H and O–H groups in total. The number of hydrogen-bond donors (Lipinski definition) is 2. The van der Waals surface area contributed by atoms with Crippen molar-refractivity contribution < 1.29 is 14.6 Å². The van der Waals surface area contributed by atoms with Gasteiger partial charge in [0.05, 0.1) is 55.0 Å². The van der Waals surface area contributed by atoms with Gasteiger partial charge in [0.15, 0.2) is 5.75 Å². The zero-order valence-electron chi connectivity index (χ0n) is 23.7. The van der Waals surface area contributed by atoms with Crippen molar-refractivity contribution in [2.45, 2.75) is 51.8 Å². The molecule has 0 spiro atoms. The number of β-amino-alcohol motifs (C(OH)–C–C–N with tert-alkyl or cyclic N) is 1. The third-order valence-corrected chi connectivity index (χ3v) is 6.66. The number of nitrogens with zero attached hydrogens (tertiary/aromatic N) is 5. The van der Waals surface area contributed by atoms with Gasteiger partial charge in [0.1, 0.15) is 11.6 Å². The molecule has 1 aliphatic rings. The Balaban J connectivity index is 0.000000197. The molecule has 10 nitrogen and oxygen atoms in total. The van der Waals surface area contributed by atoms with Crippen LogP contribution in [-0.2, 0) is 11.3 Å². The van der Waals surface area contributed by atoms with Crippen molar-refractivity contribution in [2.75, 3.05) is 13.2 Å². The highest BCUT2D eigenvalue weighted by molar-refractivity contribution is 5.84. The minimum atomic E-state index is -0.394. The van der Waals surface area contributed by atoms with E-state index < -0.39 is 6.10 Å². The minimum absolute atomic E-state index is 0.139. The average molecular weight is 567 g/mol. The number of rotatable bonds is 9. The quantitative estimate of drug-likeness (QED) is 0.292. The molecule has 3 heterocycles. The number of aromatic nitrogens is 4. The number of benzene rings is 2. The zero-order valence-corrected chi connectivity index (χ0v) is 23.7. The number of carbonyl (C=O) groups excluding carboxylic acids is 1. The van der Waals surface area contributed by atoms with Crippen LogP contribution in [0.5, 0.6) is 5.75 Å². The van der Waals surface area contributed by atoms with Crippen LogP contribution in [0.15, 0.2) is 77.9 Å². The van der Waals surface area contributed by atoms with Gasteiger partial charge in [-0.2, -0.15) is 10.4 Å². The maximum Gasteiger partial charge on any atom is 0.267 e. The van der Waals surface area contributed by atoms with Crippen LogP contribution >= 0.6 is 0 Å². The van der Waals surface area contributed by atoms with Gasteiger partial charge in [0, 0.05) is 24.6 Å². The maximum absolute atomic E-state index is 12.1. The van der Waals surface area contributed by atoms with Crippen molar-refractivity contribution in [1.29, 1.82) is 5.26 Å². The fraction of sp³-hybridized carbons (Fsp3) is 0.312. The van der Waals surface area contributed by atoms with E-state index in [1.54, 1.807) is 30.6 Å². The summed E-state index contributed by atoms with van der Waals surface area (Å²) in [6.45, 7) is 5.22. The molecule has 0 bridgehead atoms. The summed E-state index contributed by atoms with van der Waals surface area (Å²) in [6.07, 6.45) is 4.48. The average Bonchev–Trinajstić information content (AvgIpc) is 3.44. The number of carbonyl (C=O) groups is 1. The van der Waals surface area contributed by atoms with E-state index in [4.69, 9.17) is 10.00 Å². The van der Waals surface area contributed by atoms with Gasteiger partial charge < -0.3 is 15.2 Å². The maximum atomic E-state index is 12.1. The number of aryl methyl sites for hydroxylation is 2. The SMILES string of the molecule is Cc1cccc(Cn2nc(-c3cccc(C#N)c3)ccc2=O)c1.Cc1ncc(OCCCC(=O)[C@@H]2C[C@@H](O)CN2)cn1. The molecule has 0 amide bonds. The Labute approximate surface area is 244 Å². The van der Waals surface area contributed by atoms with E-state index in [0.717, 1.165) is 16.7 Å². The first-order valence-electron chi connectivity index (χ1n) is 13.8. The second-order valence-electron chi connectivity index (χ2n) is 10.1. The molecule has 0 saturated carbocycles. The van der Waals surface area contributed by atoms with E-state index in [2.05, 4.69) is 26.5 Å². The predicted octanol–water partition coefficient (Wildman–Crippen LogP) is 3.37. The normalized spacial score (nSPS) is 15.8. The van der Waals surface area contributed by atoms with E-state index in [0.29, 0.717) is 61.8 Å². The second-order valence-corrected chi connectivity index (χ2v) is 10.1. The molecular weight excluding hydrogens is 532 g/mol. The summed E-state index contributed by atoms with van der Waals surface area (Å²) in [5.74, 6) is 1.46. The van der Waals surface area contributed by atoms with Crippen molar-refractivity contribution in [1.82, 2.24) is 25.1 Å². The van der Waals surface area contributed by atoms with Gasteiger partial charge in [-0.15, -0.1) is 0 Å². The van der Waals surface area contributed by atoms with Gasteiger partial charge in [-0.05, 0) is 50.5 Å². The lowest BCUT2D eigenvalue weighted by Crippen LogP contribution is -2.30. The summed E-state index contributed by atoms with van der Waals surface area (Å²) < 4.78 is 6.90. The fourth-order valence-electron chi connectivity index (χ4n) is 4.48. The first-order valence-corrected chi connectivity index (χ1v) is 13.8. The highest BCUT2D eigenvalue weighted by Gasteiger charge is 2.27. The van der Waals surface area contributed by atoms with Crippen LogP contribution in [-0.4, -0.2) is 55.9 Å². The molecule has 0 radical (unpaired) electrons. The lowest BCUT2D eigenvalue weighted by atomic mass is 10.1. The summed E-state index contributed by atoms with van der Waals surface area (Å²) >= 11 is 0. The molecular formula is C32H34N6O4. The van der Waals surface area contributed by atoms with Gasteiger partial charge in [-0.25, -0.2) is 14.6 Å². The monoisotopic (exact) mass is 566 g/mol. The van der Waals surface area contributed by atoms with E-state index in [9.17, 15) is 14.7 Å². The van der Waals surface area contributed by atoms with Crippen molar-refractivity contribution in [3.8, 4) is 23.1 Å². The standard InChI is InChI=1S/C19H15N3O.C13H19N3O3/c1-14-4-2-6-16(10-14)13-22-19(23)9-8-18(21-22)17-7-3-5-15(11-17)12-20;1-9-14-7-11(8-15-9)19-4-2-3-13(18)12-5-10(17)6-16-12/h2-11H,13H2,1H3;7-8,10,12,16-17H,2-6H2,1H3/t;10-,12+/m.1/s1. The van der Waals surface area contributed by atoms with Gasteiger partial charge in [0.2, 0.25) is 0 Å². The molecule has 5 rings (SSSR count). The summed E-state index contributed by atoms with van der Waals surface area (Å²) in [4.78, 5) is 31.9. The Morgan fingerprint density at radius 2 is 1.90 bits per heavy atom. The zero-order chi connectivity index (χ0) is 29.9. The minimum Gasteiger partial charge on any atom is -0.490 e. The van der Waals surface area contributed by atoms with Crippen molar-refractivity contribution in [3.05, 3.63) is 106 Å². The summed E-state index contributed by atoms with van der Waals surface area (Å²) in [5.41, 5.74) is 4.10. The highest BCUT2D eigenvalue weighted by atomic mass is 16.5. The number of nitrogens with one attached hydrogen (secondary N) is 1. The first kappa shape index (κ1) is 30.2. The lowest BCUT2D eigenvalue weighted by molar-refractivity contribution is -0.121. The molecule has 10 heteroatoms. The molecule has 2 aromatic heterocycles. The lowest BCUT2D eigenvalue weighted by Gasteiger charge is -2.09. The van der Waals surface area contributed by atoms with Crippen molar-refractivity contribution in [2.24, 2.45) is 0 Å². The number of hydrogen-bond acceptors (Lipinski definition) is 9. The summed E-state index contributed by atoms with van der Waals surface area (Å²) in [6, 6.07) is 20.3. The first-order chi connectivity index (χ1) is 20.3. The Bertz CT molecular complexity index is 1600. The topological polar surface area (TPSA) is 143 Å². The van der Waals surface area contributed by atoms with Crippen LogP contribution in [0.25, 0.3) is 11.3 Å². The van der Waals surface area contributed by atoms with Gasteiger partial charge in [-0.3, -0.25) is 9.59 Å². The molecule has 1 fully saturated rings. The second kappa shape index (κ2) is 14.8. The Morgan fingerprint density at radius 1 is 1.12 bits per heavy atom. The van der Waals surface area contributed by atoms with E-state index in [1.807, 2.05) is 50.2 Å². The molecule has 0 unspecified atom stereocenters. The number of aliphatic hydroxyl groups excluding tert-OH is 1. The fourth-order valence-corrected chi connectivity index (χ4v) is 4.48. The van der Waals surface area contributed by atoms with Crippen LogP contribution in [0.2, 0.25) is 0 Å². The molecule has 2 aromatic carbocycles. The Kier molecular flexibility index (Phi) is 10.6. The van der Waals surface area contributed by atoms with Crippen molar-refractivity contribution in [3.63, 3.8) is 0 Å². The molecule has 216 valence electrons. The van der Waals surface area contributed by atoms with Gasteiger partial charge >= 0.3 is 0 Å². The smallest absolute Gasteiger partial charge is 0.267 e.